The van der Waals surface area contributed by atoms with E-state index in [4.69, 9.17) is 9.47 Å². The molecule has 4 heterocycles. The van der Waals surface area contributed by atoms with Crippen molar-refractivity contribution in [3.63, 3.8) is 0 Å². The second-order valence-corrected chi connectivity index (χ2v) is 9.26. The molecule has 2 aromatic rings. The van der Waals surface area contributed by atoms with Crippen molar-refractivity contribution < 1.29 is 29.2 Å². The summed E-state index contributed by atoms with van der Waals surface area (Å²) in [7, 11) is 0. The van der Waals surface area contributed by atoms with Crippen LogP contribution in [0.5, 0.6) is 11.5 Å². The molecule has 9 heteroatoms. The first-order valence-corrected chi connectivity index (χ1v) is 11.8. The van der Waals surface area contributed by atoms with Crippen molar-refractivity contribution in [1.29, 1.82) is 0 Å². The minimum atomic E-state index is -0.693. The van der Waals surface area contributed by atoms with Gasteiger partial charge in [-0.3, -0.25) is 14.4 Å². The van der Waals surface area contributed by atoms with E-state index in [0.29, 0.717) is 35.8 Å². The number of carbonyl (C=O) groups excluding carboxylic acids is 3. The number of hydrogen-bond acceptors (Lipinski definition) is 5. The van der Waals surface area contributed by atoms with Gasteiger partial charge in [0.15, 0.2) is 11.5 Å². The van der Waals surface area contributed by atoms with Crippen LogP contribution in [0.4, 0.5) is 5.69 Å². The van der Waals surface area contributed by atoms with Gasteiger partial charge in [-0.1, -0.05) is 12.1 Å². The third-order valence-electron chi connectivity index (χ3n) is 7.26. The standard InChI is InChI=1S/C25H26N4O5/c30-23-20-13-28(24(31)15-5-7-26-8-6-15)9-10-29(20)25(32)18-11-16(1-3-19(18)27-23)17-2-4-21-22(12-17)34-14-33-21/h1-4,11-12,15,20,26H,5-10,13-14H2,(H,27,30)/p+1/t20-/m1/s1. The minimum absolute atomic E-state index is 0.0162. The van der Waals surface area contributed by atoms with Gasteiger partial charge < -0.3 is 29.9 Å². The number of fused-ring (bicyclic) bond motifs is 3. The number of anilines is 1. The van der Waals surface area contributed by atoms with Gasteiger partial charge in [0, 0.05) is 31.8 Å². The lowest BCUT2D eigenvalue weighted by Gasteiger charge is -2.40. The zero-order valence-electron chi connectivity index (χ0n) is 18.8. The monoisotopic (exact) mass is 463 g/mol. The second kappa shape index (κ2) is 8.32. The van der Waals surface area contributed by atoms with Crippen LogP contribution in [0.3, 0.4) is 0 Å². The Morgan fingerprint density at radius 2 is 1.74 bits per heavy atom. The number of nitrogens with zero attached hydrogens (tertiary/aromatic N) is 2. The molecule has 4 aliphatic heterocycles. The zero-order valence-corrected chi connectivity index (χ0v) is 18.8. The van der Waals surface area contributed by atoms with Gasteiger partial charge in [0.2, 0.25) is 18.6 Å². The third kappa shape index (κ3) is 3.56. The van der Waals surface area contributed by atoms with Gasteiger partial charge in [0.05, 0.1) is 30.9 Å². The van der Waals surface area contributed by atoms with Crippen molar-refractivity contribution in [3.05, 3.63) is 42.0 Å². The molecule has 0 radical (unpaired) electrons. The number of ether oxygens (including phenoxy) is 2. The van der Waals surface area contributed by atoms with Crippen LogP contribution in [-0.4, -0.2) is 73.1 Å². The zero-order chi connectivity index (χ0) is 23.2. The van der Waals surface area contributed by atoms with Crippen molar-refractivity contribution in [2.45, 2.75) is 18.9 Å². The average molecular weight is 464 g/mol. The lowest BCUT2D eigenvalue weighted by Crippen LogP contribution is -2.86. The van der Waals surface area contributed by atoms with E-state index in [9.17, 15) is 14.4 Å². The molecule has 0 aromatic heterocycles. The fourth-order valence-electron chi connectivity index (χ4n) is 5.34. The van der Waals surface area contributed by atoms with E-state index in [1.54, 1.807) is 15.9 Å². The van der Waals surface area contributed by atoms with Gasteiger partial charge in [-0.05, 0) is 35.4 Å². The molecule has 6 rings (SSSR count). The summed E-state index contributed by atoms with van der Waals surface area (Å²) in [6.07, 6.45) is 1.73. The Labute approximate surface area is 197 Å². The van der Waals surface area contributed by atoms with Crippen molar-refractivity contribution in [1.82, 2.24) is 9.80 Å². The third-order valence-corrected chi connectivity index (χ3v) is 7.26. The van der Waals surface area contributed by atoms with Gasteiger partial charge in [-0.2, -0.15) is 0 Å². The lowest BCUT2D eigenvalue weighted by atomic mass is 9.95. The van der Waals surface area contributed by atoms with E-state index < -0.39 is 6.04 Å². The van der Waals surface area contributed by atoms with Crippen LogP contribution in [0, 0.1) is 5.92 Å². The van der Waals surface area contributed by atoms with Crippen LogP contribution in [0.1, 0.15) is 23.2 Å². The predicted octanol–water partition coefficient (Wildman–Crippen LogP) is 0.661. The number of nitrogens with two attached hydrogens (primary N) is 1. The van der Waals surface area contributed by atoms with Gasteiger partial charge in [-0.15, -0.1) is 0 Å². The van der Waals surface area contributed by atoms with E-state index >= 15 is 0 Å². The average Bonchev–Trinajstić information content (AvgIpc) is 3.32. The maximum absolute atomic E-state index is 13.5. The summed E-state index contributed by atoms with van der Waals surface area (Å²) in [5, 5.41) is 5.15. The van der Waals surface area contributed by atoms with Crippen LogP contribution in [0.2, 0.25) is 0 Å². The number of nitrogens with one attached hydrogen (secondary N) is 1. The van der Waals surface area contributed by atoms with Crippen LogP contribution in [-0.2, 0) is 9.59 Å². The highest BCUT2D eigenvalue weighted by atomic mass is 16.7. The van der Waals surface area contributed by atoms with Crippen molar-refractivity contribution in [2.24, 2.45) is 5.92 Å². The van der Waals surface area contributed by atoms with Crippen molar-refractivity contribution in [2.75, 3.05) is 44.8 Å². The molecule has 2 fully saturated rings. The summed E-state index contributed by atoms with van der Waals surface area (Å²) in [6, 6.07) is 10.4. The number of hydrogen-bond donors (Lipinski definition) is 2. The molecule has 0 saturated carbocycles. The minimum Gasteiger partial charge on any atom is -0.454 e. The first-order valence-electron chi connectivity index (χ1n) is 11.8. The molecule has 3 N–H and O–H groups in total. The first kappa shape index (κ1) is 21.0. The van der Waals surface area contributed by atoms with Crippen LogP contribution >= 0.6 is 0 Å². The molecule has 4 aliphatic rings. The van der Waals surface area contributed by atoms with Gasteiger partial charge in [0.25, 0.3) is 5.91 Å². The van der Waals surface area contributed by atoms with Gasteiger partial charge in [0.1, 0.15) is 6.04 Å². The van der Waals surface area contributed by atoms with Crippen LogP contribution < -0.4 is 20.1 Å². The summed E-state index contributed by atoms with van der Waals surface area (Å²) in [4.78, 5) is 43.1. The molecule has 0 bridgehead atoms. The highest BCUT2D eigenvalue weighted by molar-refractivity contribution is 6.10. The summed E-state index contributed by atoms with van der Waals surface area (Å²) in [5.74, 6) is 1.05. The van der Waals surface area contributed by atoms with E-state index in [1.807, 2.05) is 30.3 Å². The molecule has 9 nitrogen and oxygen atoms in total. The molecule has 3 amide bonds. The van der Waals surface area contributed by atoms with Gasteiger partial charge >= 0.3 is 0 Å². The molecule has 2 saturated heterocycles. The topological polar surface area (TPSA) is 105 Å². The summed E-state index contributed by atoms with van der Waals surface area (Å²) < 4.78 is 10.9. The molecule has 34 heavy (non-hydrogen) atoms. The largest absolute Gasteiger partial charge is 0.454 e. The number of quaternary nitrogens is 1. The normalized spacial score (nSPS) is 22.1. The van der Waals surface area contributed by atoms with E-state index in [1.165, 1.54) is 0 Å². The number of piperidine rings is 1. The number of benzene rings is 2. The molecule has 0 unspecified atom stereocenters. The fourth-order valence-corrected chi connectivity index (χ4v) is 5.34. The Morgan fingerprint density at radius 3 is 2.59 bits per heavy atom. The molecule has 1 atom stereocenters. The summed E-state index contributed by atoms with van der Waals surface area (Å²) in [6.45, 7) is 3.14. The molecule has 2 aromatic carbocycles. The van der Waals surface area contributed by atoms with Crippen molar-refractivity contribution in [3.8, 4) is 22.6 Å². The smallest absolute Gasteiger partial charge is 0.256 e. The molecule has 0 spiro atoms. The Morgan fingerprint density at radius 1 is 0.971 bits per heavy atom. The van der Waals surface area contributed by atoms with E-state index in [0.717, 1.165) is 37.1 Å². The number of carbonyl (C=O) groups is 3. The predicted molar refractivity (Wildman–Crippen MR) is 122 cm³/mol. The van der Waals surface area contributed by atoms with Gasteiger partial charge in [-0.25, -0.2) is 0 Å². The molecule has 0 aliphatic carbocycles. The Balaban J connectivity index is 1.26. The van der Waals surface area contributed by atoms with E-state index in [2.05, 4.69) is 10.6 Å². The summed E-state index contributed by atoms with van der Waals surface area (Å²) in [5.41, 5.74) is 2.69. The number of piperazine rings is 1. The Bertz CT molecular complexity index is 1180. The highest BCUT2D eigenvalue weighted by Crippen LogP contribution is 2.37. The van der Waals surface area contributed by atoms with E-state index in [-0.39, 0.29) is 37.0 Å². The fraction of sp³-hybridized carbons (Fsp3) is 0.400. The molecular formula is C25H27N4O5+. The Kier molecular flexibility index (Phi) is 5.13. The summed E-state index contributed by atoms with van der Waals surface area (Å²) >= 11 is 0. The second-order valence-electron chi connectivity index (χ2n) is 9.26. The maximum Gasteiger partial charge on any atom is 0.256 e. The highest BCUT2D eigenvalue weighted by Gasteiger charge is 2.41. The SMILES string of the molecule is O=C1Nc2ccc(-c3ccc4c(c3)OCO4)cc2C(=O)N2CCN(C(=O)C3CC[NH2+]CC3)C[C@H]12. The van der Waals surface area contributed by atoms with Crippen LogP contribution in [0.25, 0.3) is 11.1 Å². The lowest BCUT2D eigenvalue weighted by molar-refractivity contribution is -0.664. The molecule has 176 valence electrons. The number of rotatable bonds is 2. The first-order chi connectivity index (χ1) is 16.6. The quantitative estimate of drug-likeness (QED) is 0.681. The van der Waals surface area contributed by atoms with Crippen molar-refractivity contribution >= 4 is 23.4 Å². The molecular weight excluding hydrogens is 436 g/mol. The maximum atomic E-state index is 13.5. The Hall–Kier alpha value is -3.59. The van der Waals surface area contributed by atoms with Crippen LogP contribution in [0.15, 0.2) is 36.4 Å². The number of amides is 3.